The molecule has 2 N–H and O–H groups in total. The molecular formula is C15H15F2N3O2. The van der Waals surface area contributed by atoms with Gasteiger partial charge in [0, 0.05) is 7.05 Å². The number of guanidine groups is 1. The number of carbonyl (C=O) groups is 1. The van der Waals surface area contributed by atoms with Crippen LogP contribution in [0.4, 0.5) is 8.78 Å². The van der Waals surface area contributed by atoms with E-state index in [1.54, 1.807) is 0 Å². The molecule has 1 aromatic rings. The number of aliphatic imine (C=N–C) groups is 1. The number of halogens is 2. The molecule has 1 aliphatic heterocycles. The minimum absolute atomic E-state index is 0.0196. The van der Waals surface area contributed by atoms with Crippen molar-refractivity contribution < 1.29 is 18.3 Å². The third kappa shape index (κ3) is 2.34. The zero-order valence-electron chi connectivity index (χ0n) is 11.9. The van der Waals surface area contributed by atoms with Gasteiger partial charge in [0.1, 0.15) is 5.75 Å². The number of hydrogen-bond acceptors (Lipinski definition) is 4. The van der Waals surface area contributed by atoms with E-state index >= 15 is 0 Å². The first-order valence-electron chi connectivity index (χ1n) is 6.33. The van der Waals surface area contributed by atoms with Crippen LogP contribution in [-0.4, -0.2) is 30.4 Å². The summed E-state index contributed by atoms with van der Waals surface area (Å²) in [4.78, 5) is 18.0. The number of hydrogen-bond donors (Lipinski definition) is 1. The molecule has 5 nitrogen and oxygen atoms in total. The van der Waals surface area contributed by atoms with Gasteiger partial charge in [0.15, 0.2) is 11.5 Å². The van der Waals surface area contributed by atoms with E-state index in [2.05, 4.69) is 22.9 Å². The number of carbonyl (C=O) groups excluding carboxylic acids is 1. The molecule has 22 heavy (non-hydrogen) atoms. The quantitative estimate of drug-likeness (QED) is 0.846. The first-order chi connectivity index (χ1) is 10.3. The molecule has 1 heterocycles. The molecule has 0 spiro atoms. The highest BCUT2D eigenvalue weighted by Gasteiger charge is 2.49. The van der Waals surface area contributed by atoms with Gasteiger partial charge in [-0.3, -0.25) is 9.69 Å². The lowest BCUT2D eigenvalue weighted by Gasteiger charge is -2.26. The molecule has 1 aliphatic rings. The molecular weight excluding hydrogens is 292 g/mol. The number of amides is 1. The first kappa shape index (κ1) is 15.7. The van der Waals surface area contributed by atoms with Gasteiger partial charge in [0.05, 0.1) is 0 Å². The van der Waals surface area contributed by atoms with Crippen molar-refractivity contribution in [2.24, 2.45) is 10.7 Å². The van der Waals surface area contributed by atoms with E-state index in [0.29, 0.717) is 11.1 Å². The summed E-state index contributed by atoms with van der Waals surface area (Å²) in [6, 6.07) is 5.61. The van der Waals surface area contributed by atoms with Crippen LogP contribution in [0, 0.1) is 0 Å². The maximum absolute atomic E-state index is 12.6. The van der Waals surface area contributed by atoms with E-state index in [9.17, 15) is 13.6 Å². The Balaban J connectivity index is 2.51. The Hall–Kier alpha value is -2.70. The fourth-order valence-corrected chi connectivity index (χ4v) is 2.25. The van der Waals surface area contributed by atoms with E-state index < -0.39 is 18.1 Å². The first-order valence-corrected chi connectivity index (χ1v) is 6.33. The average molecular weight is 307 g/mol. The highest BCUT2D eigenvalue weighted by atomic mass is 19.3. The SMILES string of the molecule is C=CC(=C)C1(c2ccc(OC(F)F)cc2)N=C(N)N(C)C1=O. The Morgan fingerprint density at radius 2 is 2.05 bits per heavy atom. The van der Waals surface area contributed by atoms with Crippen LogP contribution in [0.25, 0.3) is 0 Å². The molecule has 0 aliphatic carbocycles. The second-order valence-corrected chi connectivity index (χ2v) is 4.68. The summed E-state index contributed by atoms with van der Waals surface area (Å²) < 4.78 is 28.7. The number of rotatable bonds is 5. The zero-order chi connectivity index (χ0) is 16.5. The Labute approximate surface area is 126 Å². The maximum Gasteiger partial charge on any atom is 0.387 e. The Morgan fingerprint density at radius 3 is 2.45 bits per heavy atom. The molecule has 0 saturated carbocycles. The van der Waals surface area contributed by atoms with Crippen LogP contribution in [0.1, 0.15) is 5.56 Å². The van der Waals surface area contributed by atoms with Gasteiger partial charge in [-0.1, -0.05) is 31.4 Å². The number of nitrogens with two attached hydrogens (primary N) is 1. The number of likely N-dealkylation sites (N-methyl/N-ethyl adjacent to an activating group) is 1. The van der Waals surface area contributed by atoms with Crippen LogP contribution in [0.2, 0.25) is 0 Å². The van der Waals surface area contributed by atoms with Crippen molar-refractivity contribution >= 4 is 11.9 Å². The maximum atomic E-state index is 12.6. The fraction of sp³-hybridized carbons (Fsp3) is 0.200. The Kier molecular flexibility index (Phi) is 3.99. The minimum atomic E-state index is -2.92. The highest BCUT2D eigenvalue weighted by Crippen LogP contribution is 2.39. The van der Waals surface area contributed by atoms with Crippen molar-refractivity contribution in [1.82, 2.24) is 4.90 Å². The highest BCUT2D eigenvalue weighted by molar-refractivity contribution is 6.09. The van der Waals surface area contributed by atoms with Crippen molar-refractivity contribution in [3.05, 3.63) is 54.6 Å². The topological polar surface area (TPSA) is 67.9 Å². The van der Waals surface area contributed by atoms with Crippen LogP contribution in [0.5, 0.6) is 5.75 Å². The van der Waals surface area contributed by atoms with Crippen molar-refractivity contribution in [3.63, 3.8) is 0 Å². The zero-order valence-corrected chi connectivity index (χ0v) is 11.9. The van der Waals surface area contributed by atoms with E-state index in [-0.39, 0.29) is 11.7 Å². The molecule has 0 radical (unpaired) electrons. The molecule has 0 fully saturated rings. The largest absolute Gasteiger partial charge is 0.435 e. The Bertz CT molecular complexity index is 655. The lowest BCUT2D eigenvalue weighted by atomic mass is 9.83. The van der Waals surface area contributed by atoms with E-state index in [0.717, 1.165) is 0 Å². The van der Waals surface area contributed by atoms with E-state index in [4.69, 9.17) is 5.73 Å². The van der Waals surface area contributed by atoms with Crippen molar-refractivity contribution in [2.45, 2.75) is 12.2 Å². The summed E-state index contributed by atoms with van der Waals surface area (Å²) in [6.07, 6.45) is 1.41. The van der Waals surface area contributed by atoms with Crippen LogP contribution >= 0.6 is 0 Å². The molecule has 116 valence electrons. The van der Waals surface area contributed by atoms with Gasteiger partial charge in [-0.05, 0) is 23.3 Å². The monoisotopic (exact) mass is 307 g/mol. The molecule has 7 heteroatoms. The number of benzene rings is 1. The Morgan fingerprint density at radius 1 is 1.45 bits per heavy atom. The summed E-state index contributed by atoms with van der Waals surface area (Å²) in [7, 11) is 1.49. The van der Waals surface area contributed by atoms with Crippen molar-refractivity contribution in [2.75, 3.05) is 7.05 Å². The van der Waals surface area contributed by atoms with Crippen LogP contribution in [0.15, 0.2) is 54.1 Å². The normalized spacial score (nSPS) is 21.0. The summed E-state index contributed by atoms with van der Waals surface area (Å²) in [5.41, 5.74) is 5.08. The molecule has 1 aromatic carbocycles. The fourth-order valence-electron chi connectivity index (χ4n) is 2.25. The van der Waals surface area contributed by atoms with Crippen LogP contribution in [0.3, 0.4) is 0 Å². The van der Waals surface area contributed by atoms with Gasteiger partial charge in [0.2, 0.25) is 0 Å². The average Bonchev–Trinajstić information content (AvgIpc) is 2.72. The van der Waals surface area contributed by atoms with E-state index in [1.165, 1.54) is 42.3 Å². The van der Waals surface area contributed by atoms with Crippen LogP contribution < -0.4 is 10.5 Å². The predicted molar refractivity (Wildman–Crippen MR) is 78.5 cm³/mol. The molecule has 1 amide bonds. The lowest BCUT2D eigenvalue weighted by Crippen LogP contribution is -2.41. The molecule has 0 saturated heterocycles. The number of ether oxygens (including phenoxy) is 1. The predicted octanol–water partition coefficient (Wildman–Crippen LogP) is 2.01. The second kappa shape index (κ2) is 5.59. The van der Waals surface area contributed by atoms with Crippen molar-refractivity contribution in [3.8, 4) is 5.75 Å². The summed E-state index contributed by atoms with van der Waals surface area (Å²) in [5, 5.41) is 0. The van der Waals surface area contributed by atoms with Crippen LogP contribution in [-0.2, 0) is 10.3 Å². The molecule has 0 aromatic heterocycles. The third-order valence-electron chi connectivity index (χ3n) is 3.45. The van der Waals surface area contributed by atoms with E-state index in [1.807, 2.05) is 0 Å². The standard InChI is InChI=1S/C15H15F2N3O2/c1-4-9(2)15(12(21)20(3)14(18)19-15)10-5-7-11(8-6-10)22-13(16)17/h4-8,13H,1-2H2,3H3,(H2,18,19). The molecule has 1 unspecified atom stereocenters. The third-order valence-corrected chi connectivity index (χ3v) is 3.45. The lowest BCUT2D eigenvalue weighted by molar-refractivity contribution is -0.129. The molecule has 0 bridgehead atoms. The van der Waals surface area contributed by atoms with Gasteiger partial charge >= 0.3 is 6.61 Å². The summed E-state index contributed by atoms with van der Waals surface area (Å²) in [6.45, 7) is 4.51. The summed E-state index contributed by atoms with van der Waals surface area (Å²) >= 11 is 0. The van der Waals surface area contributed by atoms with Gasteiger partial charge < -0.3 is 10.5 Å². The minimum Gasteiger partial charge on any atom is -0.435 e. The van der Waals surface area contributed by atoms with Gasteiger partial charge in [0.25, 0.3) is 5.91 Å². The molecule has 2 rings (SSSR count). The second-order valence-electron chi connectivity index (χ2n) is 4.68. The smallest absolute Gasteiger partial charge is 0.387 e. The summed E-state index contributed by atoms with van der Waals surface area (Å²) in [5.74, 6) is -0.368. The van der Waals surface area contributed by atoms with Crippen molar-refractivity contribution in [1.29, 1.82) is 0 Å². The van der Waals surface area contributed by atoms with Gasteiger partial charge in [-0.15, -0.1) is 0 Å². The number of alkyl halides is 2. The van der Waals surface area contributed by atoms with Gasteiger partial charge in [-0.2, -0.15) is 8.78 Å². The van der Waals surface area contributed by atoms with Gasteiger partial charge in [-0.25, -0.2) is 4.99 Å². The number of nitrogens with zero attached hydrogens (tertiary/aromatic N) is 2. The molecule has 1 atom stereocenters.